The molecule has 3 fully saturated rings. The molecule has 296 valence electrons. The minimum atomic E-state index is -2.08. The van der Waals surface area contributed by atoms with Gasteiger partial charge < -0.3 is 31.9 Å². The number of aliphatic imine (C=N–C) groups is 1. The lowest BCUT2D eigenvalue weighted by molar-refractivity contribution is -0.168. The Balaban J connectivity index is 1.43. The number of nitrogens with zero attached hydrogens (tertiary/aromatic N) is 1. The molecule has 0 saturated heterocycles. The average molecular weight is 756 g/mol. The number of fused-ring (bicyclic) bond motifs is 2. The van der Waals surface area contributed by atoms with Gasteiger partial charge in [-0.05, 0) is 72.5 Å². The van der Waals surface area contributed by atoms with Crippen molar-refractivity contribution in [2.45, 2.75) is 103 Å². The van der Waals surface area contributed by atoms with E-state index in [4.69, 9.17) is 11.5 Å². The molecular formula is C44H57N3O8. The van der Waals surface area contributed by atoms with Gasteiger partial charge in [0.1, 0.15) is 22.9 Å². The summed E-state index contributed by atoms with van der Waals surface area (Å²) in [6, 6.07) is 9.72. The molecule has 1 aromatic rings. The van der Waals surface area contributed by atoms with Crippen LogP contribution in [0.15, 0.2) is 64.7 Å². The van der Waals surface area contributed by atoms with Crippen molar-refractivity contribution in [2.24, 2.45) is 73.6 Å². The number of aliphatic hydroxyl groups is 3. The minimum Gasteiger partial charge on any atom is -0.481 e. The van der Waals surface area contributed by atoms with Crippen molar-refractivity contribution in [3.8, 4) is 0 Å². The molecule has 55 heavy (non-hydrogen) atoms. The van der Waals surface area contributed by atoms with Gasteiger partial charge in [0.15, 0.2) is 17.5 Å². The molecule has 11 nitrogen and oxygen atoms in total. The van der Waals surface area contributed by atoms with E-state index in [9.17, 15) is 34.8 Å². The van der Waals surface area contributed by atoms with E-state index in [0.717, 1.165) is 5.56 Å². The Morgan fingerprint density at radius 3 is 2.31 bits per heavy atom. The molecule has 0 spiro atoms. The number of benzene rings is 1. The van der Waals surface area contributed by atoms with Crippen LogP contribution in [0.2, 0.25) is 0 Å². The summed E-state index contributed by atoms with van der Waals surface area (Å²) in [6.07, 6.45) is 8.57. The monoisotopic (exact) mass is 755 g/mol. The quantitative estimate of drug-likeness (QED) is 0.0953. The van der Waals surface area contributed by atoms with E-state index in [1.165, 1.54) is 0 Å². The summed E-state index contributed by atoms with van der Waals surface area (Å²) in [4.78, 5) is 59.3. The third-order valence-corrected chi connectivity index (χ3v) is 16.2. The van der Waals surface area contributed by atoms with Crippen LogP contribution in [0.1, 0.15) is 92.1 Å². The Morgan fingerprint density at radius 2 is 1.67 bits per heavy atom. The van der Waals surface area contributed by atoms with Crippen molar-refractivity contribution in [1.82, 2.24) is 0 Å². The topological polar surface area (TPSA) is 214 Å². The van der Waals surface area contributed by atoms with Crippen molar-refractivity contribution in [1.29, 1.82) is 0 Å². The number of nitrogens with two attached hydrogens (primary N) is 2. The molecule has 0 bridgehead atoms. The van der Waals surface area contributed by atoms with Gasteiger partial charge in [-0.3, -0.25) is 24.2 Å². The van der Waals surface area contributed by atoms with Crippen LogP contribution in [0.25, 0.3) is 6.08 Å². The van der Waals surface area contributed by atoms with Gasteiger partial charge in [-0.25, -0.2) is 0 Å². The number of allylic oxidation sites excluding steroid dienone is 1. The number of guanidine groups is 1. The summed E-state index contributed by atoms with van der Waals surface area (Å²) in [7, 11) is 0. The number of ketones is 3. The molecule has 0 amide bonds. The second-order valence-electron chi connectivity index (χ2n) is 18.9. The first kappa shape index (κ1) is 39.3. The highest BCUT2D eigenvalue weighted by Gasteiger charge is 2.79. The second kappa shape index (κ2) is 12.5. The van der Waals surface area contributed by atoms with Crippen LogP contribution in [0.4, 0.5) is 0 Å². The summed E-state index contributed by atoms with van der Waals surface area (Å²) in [5.74, 6) is -6.97. The van der Waals surface area contributed by atoms with E-state index >= 15 is 4.79 Å². The zero-order valence-electron chi connectivity index (χ0n) is 32.8. The Hall–Kier alpha value is -3.93. The summed E-state index contributed by atoms with van der Waals surface area (Å²) in [5, 5.41) is 48.8. The van der Waals surface area contributed by atoms with Crippen LogP contribution in [-0.2, 0) is 19.2 Å². The lowest BCUT2D eigenvalue weighted by Gasteiger charge is -2.68. The van der Waals surface area contributed by atoms with E-state index in [-0.39, 0.29) is 56.2 Å². The van der Waals surface area contributed by atoms with Gasteiger partial charge in [-0.2, -0.15) is 0 Å². The summed E-state index contributed by atoms with van der Waals surface area (Å²) >= 11 is 0. The number of carboxylic acid groups (broad SMARTS) is 1. The van der Waals surface area contributed by atoms with Gasteiger partial charge in [0.25, 0.3) is 0 Å². The van der Waals surface area contributed by atoms with Crippen LogP contribution in [0.3, 0.4) is 0 Å². The van der Waals surface area contributed by atoms with E-state index in [1.54, 1.807) is 12.2 Å². The molecule has 0 aromatic heterocycles. The second-order valence-corrected chi connectivity index (χ2v) is 18.9. The fraction of sp³-hybridized carbons (Fsp3) is 0.614. The first-order valence-corrected chi connectivity index (χ1v) is 19.8. The van der Waals surface area contributed by atoms with Crippen LogP contribution < -0.4 is 11.5 Å². The molecule has 0 radical (unpaired) electrons. The molecule has 6 aliphatic carbocycles. The number of carboxylic acids is 1. The number of hydrogen-bond acceptors (Lipinski definition) is 8. The molecule has 11 heteroatoms. The van der Waals surface area contributed by atoms with Gasteiger partial charge in [-0.15, -0.1) is 0 Å². The maximum Gasteiger partial charge on any atom is 0.314 e. The fourth-order valence-corrected chi connectivity index (χ4v) is 13.3. The lowest BCUT2D eigenvalue weighted by Crippen LogP contribution is -2.69. The smallest absolute Gasteiger partial charge is 0.314 e. The van der Waals surface area contributed by atoms with Gasteiger partial charge in [-0.1, -0.05) is 90.1 Å². The summed E-state index contributed by atoms with van der Waals surface area (Å²) in [6.45, 7) is 11.5. The van der Waals surface area contributed by atoms with E-state index < -0.39 is 85.7 Å². The van der Waals surface area contributed by atoms with E-state index in [1.807, 2.05) is 77.1 Å². The number of rotatable bonds is 8. The Kier molecular flexibility index (Phi) is 8.96. The number of carbonyl (C=O) groups excluding carboxylic acids is 3. The van der Waals surface area contributed by atoms with Crippen molar-refractivity contribution >= 4 is 35.4 Å². The SMILES string of the molecule is CC(C(CN=C(N)N)C1(O)CCCC(C(=O)O)C1=O)C1CC2(O)C=CC3(O)C4=C(C(=O)CC1(C)C42C)C1(C)CCC(=O)C(C)(C)C1C3C=Cc1ccccc1. The predicted octanol–water partition coefficient (Wildman–Crippen LogP) is 4.39. The van der Waals surface area contributed by atoms with Crippen molar-refractivity contribution in [3.05, 3.63) is 65.3 Å². The fourth-order valence-electron chi connectivity index (χ4n) is 13.3. The Labute approximate surface area is 323 Å². The van der Waals surface area contributed by atoms with E-state index in [0.29, 0.717) is 24.0 Å². The van der Waals surface area contributed by atoms with Crippen molar-refractivity contribution in [3.63, 3.8) is 0 Å². The third-order valence-electron chi connectivity index (χ3n) is 16.2. The predicted molar refractivity (Wildman–Crippen MR) is 207 cm³/mol. The molecule has 0 aliphatic heterocycles. The van der Waals surface area contributed by atoms with Crippen molar-refractivity contribution < 1.29 is 39.6 Å². The summed E-state index contributed by atoms with van der Waals surface area (Å²) < 4.78 is 0. The Morgan fingerprint density at radius 1 is 1.00 bits per heavy atom. The van der Waals surface area contributed by atoms with Gasteiger partial charge in [0.2, 0.25) is 0 Å². The highest BCUT2D eigenvalue weighted by Crippen LogP contribution is 2.78. The standard InChI is InChI=1S/C44H57N3O8/c1-24(29(23-47-37(45)46)44(55)17-10-13-26(35(44)50)36(51)52)28-21-42(53)19-20-43(54)27(15-14-25-11-8-7-9-12-25)33-38(2,3)31(49)16-18-39(33,4)32-30(48)22-40(28,5)41(42,6)34(32)43/h7-9,11-12,14-15,19-20,24,26-29,33,53-55H,10,13,16-18,21-23H2,1-6H3,(H,51,52)(H4,45,46,47). The van der Waals surface area contributed by atoms with Crippen LogP contribution in [-0.4, -0.2) is 73.1 Å². The molecule has 7 rings (SSSR count). The van der Waals surface area contributed by atoms with Crippen LogP contribution in [0.5, 0.6) is 0 Å². The largest absolute Gasteiger partial charge is 0.481 e. The van der Waals surface area contributed by atoms with Crippen LogP contribution in [0, 0.1) is 57.2 Å². The van der Waals surface area contributed by atoms with Gasteiger partial charge in [0, 0.05) is 53.0 Å². The average Bonchev–Trinajstić information content (AvgIpc) is 3.29. The minimum absolute atomic E-state index is 0.0178. The summed E-state index contributed by atoms with van der Waals surface area (Å²) in [5.41, 5.74) is 4.16. The Bertz CT molecular complexity index is 1970. The third kappa shape index (κ3) is 5.14. The zero-order valence-corrected chi connectivity index (χ0v) is 32.8. The highest BCUT2D eigenvalue weighted by molar-refractivity contribution is 6.04. The van der Waals surface area contributed by atoms with Crippen molar-refractivity contribution in [2.75, 3.05) is 6.54 Å². The van der Waals surface area contributed by atoms with Crippen LogP contribution >= 0.6 is 0 Å². The molecule has 8 N–H and O–H groups in total. The number of aliphatic carboxylic acids is 1. The first-order chi connectivity index (χ1) is 25.5. The lowest BCUT2D eigenvalue weighted by atomic mass is 9.36. The number of carbonyl (C=O) groups is 4. The number of Topliss-reactive ketones (excluding diaryl/α,β-unsaturated/α-hetero) is 3. The zero-order chi connectivity index (χ0) is 40.3. The molecule has 1 aromatic carbocycles. The first-order valence-electron chi connectivity index (χ1n) is 19.8. The number of hydrogen-bond donors (Lipinski definition) is 6. The maximum atomic E-state index is 15.2. The molecule has 3 saturated carbocycles. The molecule has 12 atom stereocenters. The molecule has 12 unspecified atom stereocenters. The van der Waals surface area contributed by atoms with E-state index in [2.05, 4.69) is 11.9 Å². The molecular weight excluding hydrogens is 698 g/mol. The highest BCUT2D eigenvalue weighted by atomic mass is 16.4. The normalized spacial score (nSPS) is 42.8. The molecule has 0 heterocycles. The molecule has 6 aliphatic rings. The van der Waals surface area contributed by atoms with Gasteiger partial charge in [0.05, 0.1) is 5.60 Å². The maximum absolute atomic E-state index is 15.2. The van der Waals surface area contributed by atoms with Gasteiger partial charge >= 0.3 is 5.97 Å².